The lowest BCUT2D eigenvalue weighted by atomic mass is 9.97. The summed E-state index contributed by atoms with van der Waals surface area (Å²) in [6.45, 7) is 1.96. The molecular weight excluding hydrogens is 255 g/mol. The molecule has 1 aromatic carbocycles. The summed E-state index contributed by atoms with van der Waals surface area (Å²) < 4.78 is 19.2. The Bertz CT molecular complexity index is 586. The van der Waals surface area contributed by atoms with Crippen LogP contribution in [0.4, 0.5) is 4.39 Å². The summed E-state index contributed by atoms with van der Waals surface area (Å²) in [5, 5.41) is 3.22. The van der Waals surface area contributed by atoms with Crippen LogP contribution in [-0.4, -0.2) is 19.1 Å². The Morgan fingerprint density at radius 1 is 1.30 bits per heavy atom. The van der Waals surface area contributed by atoms with Gasteiger partial charge in [0.05, 0.1) is 7.11 Å². The van der Waals surface area contributed by atoms with Gasteiger partial charge in [-0.2, -0.15) is 0 Å². The van der Waals surface area contributed by atoms with Crippen LogP contribution in [0.5, 0.6) is 5.75 Å². The van der Waals surface area contributed by atoms with Gasteiger partial charge >= 0.3 is 0 Å². The monoisotopic (exact) mass is 274 g/mol. The summed E-state index contributed by atoms with van der Waals surface area (Å²) in [7, 11) is 3.35. The molecule has 0 radical (unpaired) electrons. The van der Waals surface area contributed by atoms with E-state index in [9.17, 15) is 4.39 Å². The lowest BCUT2D eigenvalue weighted by Gasteiger charge is -2.19. The Hall–Kier alpha value is -1.94. The second kappa shape index (κ2) is 6.48. The van der Waals surface area contributed by atoms with Gasteiger partial charge in [0.25, 0.3) is 0 Å². The fraction of sp³-hybridized carbons (Fsp3) is 0.312. The van der Waals surface area contributed by atoms with E-state index in [2.05, 4.69) is 10.3 Å². The second-order valence-corrected chi connectivity index (χ2v) is 4.66. The van der Waals surface area contributed by atoms with Crippen molar-refractivity contribution in [2.24, 2.45) is 0 Å². The molecule has 0 spiro atoms. The smallest absolute Gasteiger partial charge is 0.168 e. The van der Waals surface area contributed by atoms with Gasteiger partial charge in [0.15, 0.2) is 11.6 Å². The first-order chi connectivity index (χ1) is 9.67. The van der Waals surface area contributed by atoms with Crippen molar-refractivity contribution in [1.29, 1.82) is 0 Å². The Morgan fingerprint density at radius 2 is 2.10 bits per heavy atom. The van der Waals surface area contributed by atoms with Crippen LogP contribution >= 0.6 is 0 Å². The molecule has 1 aromatic heterocycles. The van der Waals surface area contributed by atoms with Crippen molar-refractivity contribution in [3.05, 3.63) is 59.2 Å². The Balaban J connectivity index is 2.30. The summed E-state index contributed by atoms with van der Waals surface area (Å²) in [5.74, 6) is -0.0166. The maximum Gasteiger partial charge on any atom is 0.168 e. The van der Waals surface area contributed by atoms with Crippen LogP contribution in [0.2, 0.25) is 0 Å². The molecule has 106 valence electrons. The van der Waals surface area contributed by atoms with E-state index in [1.54, 1.807) is 24.4 Å². The van der Waals surface area contributed by atoms with E-state index in [1.807, 2.05) is 26.1 Å². The topological polar surface area (TPSA) is 34.1 Å². The van der Waals surface area contributed by atoms with E-state index in [1.165, 1.54) is 7.11 Å². The Morgan fingerprint density at radius 3 is 2.75 bits per heavy atom. The summed E-state index contributed by atoms with van der Waals surface area (Å²) in [6.07, 6.45) is 2.31. The Kier molecular flexibility index (Phi) is 4.69. The van der Waals surface area contributed by atoms with Crippen LogP contribution in [0.25, 0.3) is 0 Å². The number of hydrogen-bond donors (Lipinski definition) is 1. The molecular formula is C16H19FN2O. The standard InChI is InChI=1S/C16H19FN2O/c1-11-13(7-5-9-19-11)14(18-2)10-12-6-4-8-15(20-3)16(12)17/h4-9,14,18H,10H2,1-3H3. The molecule has 0 aliphatic rings. The third-order valence-electron chi connectivity index (χ3n) is 3.46. The molecule has 1 N–H and O–H groups in total. The largest absolute Gasteiger partial charge is 0.494 e. The number of rotatable bonds is 5. The van der Waals surface area contributed by atoms with E-state index >= 15 is 0 Å². The molecule has 20 heavy (non-hydrogen) atoms. The van der Waals surface area contributed by atoms with Gasteiger partial charge in [-0.1, -0.05) is 18.2 Å². The molecule has 0 amide bonds. The zero-order chi connectivity index (χ0) is 14.5. The van der Waals surface area contributed by atoms with E-state index in [4.69, 9.17) is 4.74 Å². The van der Waals surface area contributed by atoms with E-state index in [0.29, 0.717) is 12.0 Å². The SMILES string of the molecule is CNC(Cc1cccc(OC)c1F)c1cccnc1C. The fourth-order valence-corrected chi connectivity index (χ4v) is 2.32. The number of benzene rings is 1. The van der Waals surface area contributed by atoms with E-state index < -0.39 is 0 Å². The third-order valence-corrected chi connectivity index (χ3v) is 3.46. The van der Waals surface area contributed by atoms with Gasteiger partial charge in [-0.25, -0.2) is 4.39 Å². The molecule has 0 aliphatic carbocycles. The maximum absolute atomic E-state index is 14.2. The van der Waals surface area contributed by atoms with Gasteiger partial charge in [-0.3, -0.25) is 4.98 Å². The molecule has 0 saturated carbocycles. The minimum absolute atomic E-state index is 0.0188. The lowest BCUT2D eigenvalue weighted by molar-refractivity contribution is 0.383. The molecule has 1 heterocycles. The number of pyridine rings is 1. The molecule has 0 bridgehead atoms. The number of nitrogens with zero attached hydrogens (tertiary/aromatic N) is 1. The summed E-state index contributed by atoms with van der Waals surface area (Å²) >= 11 is 0. The lowest BCUT2D eigenvalue weighted by Crippen LogP contribution is -2.20. The second-order valence-electron chi connectivity index (χ2n) is 4.66. The van der Waals surface area contributed by atoms with Crippen molar-refractivity contribution < 1.29 is 9.13 Å². The highest BCUT2D eigenvalue weighted by atomic mass is 19.1. The zero-order valence-electron chi connectivity index (χ0n) is 12.0. The average Bonchev–Trinajstić information content (AvgIpc) is 2.47. The number of aryl methyl sites for hydroxylation is 1. The van der Waals surface area contributed by atoms with Gasteiger partial charge in [0.1, 0.15) is 0 Å². The highest BCUT2D eigenvalue weighted by Gasteiger charge is 2.16. The molecule has 2 aromatic rings. The van der Waals surface area contributed by atoms with Gasteiger partial charge in [0, 0.05) is 17.9 Å². The molecule has 0 fully saturated rings. The zero-order valence-corrected chi connectivity index (χ0v) is 12.0. The highest BCUT2D eigenvalue weighted by Crippen LogP contribution is 2.25. The van der Waals surface area contributed by atoms with Crippen LogP contribution in [0.1, 0.15) is 22.9 Å². The predicted molar refractivity (Wildman–Crippen MR) is 77.4 cm³/mol. The van der Waals surface area contributed by atoms with Crippen LogP contribution < -0.4 is 10.1 Å². The summed E-state index contributed by atoms with van der Waals surface area (Å²) in [4.78, 5) is 4.29. The normalized spacial score (nSPS) is 12.2. The fourth-order valence-electron chi connectivity index (χ4n) is 2.32. The van der Waals surface area contributed by atoms with Gasteiger partial charge in [0.2, 0.25) is 0 Å². The first-order valence-electron chi connectivity index (χ1n) is 6.57. The van der Waals surface area contributed by atoms with E-state index in [0.717, 1.165) is 11.3 Å². The summed E-state index contributed by atoms with van der Waals surface area (Å²) in [5.41, 5.74) is 2.67. The number of ether oxygens (including phenoxy) is 1. The van der Waals surface area contributed by atoms with Gasteiger partial charge in [-0.15, -0.1) is 0 Å². The number of halogens is 1. The highest BCUT2D eigenvalue weighted by molar-refractivity contribution is 5.33. The number of aromatic nitrogens is 1. The van der Waals surface area contributed by atoms with E-state index in [-0.39, 0.29) is 17.6 Å². The summed E-state index contributed by atoms with van der Waals surface area (Å²) in [6, 6.07) is 9.15. The van der Waals surface area contributed by atoms with Crippen LogP contribution in [-0.2, 0) is 6.42 Å². The van der Waals surface area contributed by atoms with Gasteiger partial charge < -0.3 is 10.1 Å². The van der Waals surface area contributed by atoms with Crippen molar-refractivity contribution in [3.63, 3.8) is 0 Å². The van der Waals surface area contributed by atoms with Crippen molar-refractivity contribution in [1.82, 2.24) is 10.3 Å². The number of hydrogen-bond acceptors (Lipinski definition) is 3. The molecule has 4 heteroatoms. The average molecular weight is 274 g/mol. The van der Waals surface area contributed by atoms with Crippen molar-refractivity contribution >= 4 is 0 Å². The van der Waals surface area contributed by atoms with Crippen molar-refractivity contribution in [2.45, 2.75) is 19.4 Å². The Labute approximate surface area is 118 Å². The molecule has 1 unspecified atom stereocenters. The number of methoxy groups -OCH3 is 1. The first-order valence-corrected chi connectivity index (χ1v) is 6.57. The van der Waals surface area contributed by atoms with Crippen LogP contribution in [0, 0.1) is 12.7 Å². The molecule has 1 atom stereocenters. The third kappa shape index (κ3) is 2.96. The predicted octanol–water partition coefficient (Wildman–Crippen LogP) is 3.04. The number of likely N-dealkylation sites (N-methyl/N-ethyl adjacent to an activating group) is 1. The molecule has 0 saturated heterocycles. The van der Waals surface area contributed by atoms with Crippen molar-refractivity contribution in [3.8, 4) is 5.75 Å². The molecule has 3 nitrogen and oxygen atoms in total. The minimum atomic E-state index is -0.295. The minimum Gasteiger partial charge on any atom is -0.494 e. The van der Waals surface area contributed by atoms with Crippen molar-refractivity contribution in [2.75, 3.05) is 14.2 Å². The quantitative estimate of drug-likeness (QED) is 0.910. The first kappa shape index (κ1) is 14.5. The molecule has 0 aliphatic heterocycles. The van der Waals surface area contributed by atoms with Crippen LogP contribution in [0.15, 0.2) is 36.5 Å². The molecule has 2 rings (SSSR count). The number of nitrogens with one attached hydrogen (secondary N) is 1. The van der Waals surface area contributed by atoms with Crippen LogP contribution in [0.3, 0.4) is 0 Å². The van der Waals surface area contributed by atoms with Gasteiger partial charge in [-0.05, 0) is 43.7 Å². The maximum atomic E-state index is 14.2.